The molecule has 0 aromatic carbocycles. The van der Waals surface area contributed by atoms with Crippen molar-refractivity contribution in [3.05, 3.63) is 23.5 Å². The maximum atomic E-state index is 14.3. The van der Waals surface area contributed by atoms with E-state index in [4.69, 9.17) is 16.3 Å². The summed E-state index contributed by atoms with van der Waals surface area (Å²) in [5, 5.41) is 5.20. The minimum absolute atomic E-state index is 0.155. The van der Waals surface area contributed by atoms with Gasteiger partial charge in [0.25, 0.3) is 0 Å². The fourth-order valence-electron chi connectivity index (χ4n) is 2.65. The molecule has 3 rings (SSSR count). The number of rotatable bonds is 3. The van der Waals surface area contributed by atoms with Crippen molar-refractivity contribution in [2.75, 3.05) is 32.2 Å². The molecular formula is C14H17ClFN4OSi. The van der Waals surface area contributed by atoms with Gasteiger partial charge >= 0.3 is 9.13 Å². The molecule has 1 aliphatic heterocycles. The predicted octanol–water partition coefficient (Wildman–Crippen LogP) is 2.45. The number of halogens is 2. The second-order valence-electron chi connectivity index (χ2n) is 5.38. The van der Waals surface area contributed by atoms with Gasteiger partial charge in [-0.15, -0.1) is 0 Å². The average molecular weight is 340 g/mol. The van der Waals surface area contributed by atoms with Gasteiger partial charge in [0.05, 0.1) is 12.8 Å². The van der Waals surface area contributed by atoms with Crippen molar-refractivity contribution in [2.45, 2.75) is 12.1 Å². The highest BCUT2D eigenvalue weighted by Gasteiger charge is 2.31. The van der Waals surface area contributed by atoms with E-state index in [-0.39, 0.29) is 5.67 Å². The van der Waals surface area contributed by atoms with Gasteiger partial charge in [0.2, 0.25) is 5.88 Å². The normalized spacial score (nSPS) is 20.3. The summed E-state index contributed by atoms with van der Waals surface area (Å²) in [6.45, 7) is 0.881. The second kappa shape index (κ2) is 6.35. The molecular weight excluding hydrogens is 323 g/mol. The number of ether oxygens (including phenoxy) is 1. The Morgan fingerprint density at radius 1 is 1.50 bits per heavy atom. The fraction of sp³-hybridized carbons (Fsp3) is 0.429. The molecule has 0 unspecified atom stereocenters. The Labute approximate surface area is 135 Å². The molecule has 1 fully saturated rings. The highest BCUT2D eigenvalue weighted by molar-refractivity contribution is 6.54. The quantitative estimate of drug-likeness (QED) is 0.529. The van der Waals surface area contributed by atoms with Crippen molar-refractivity contribution in [3.63, 3.8) is 0 Å². The van der Waals surface area contributed by atoms with Gasteiger partial charge in [-0.3, -0.25) is 0 Å². The van der Waals surface area contributed by atoms with E-state index in [2.05, 4.69) is 15.3 Å². The molecule has 0 amide bonds. The van der Waals surface area contributed by atoms with Crippen molar-refractivity contribution in [1.82, 2.24) is 14.9 Å². The molecule has 1 N–H and O–H groups in total. The highest BCUT2D eigenvalue weighted by Crippen LogP contribution is 2.31. The molecule has 1 saturated heterocycles. The number of anilines is 1. The molecule has 2 aromatic heterocycles. The average Bonchev–Trinajstić information content (AvgIpc) is 2.49. The maximum absolute atomic E-state index is 14.3. The number of aromatic nitrogens is 2. The highest BCUT2D eigenvalue weighted by atomic mass is 35.5. The Balaban J connectivity index is 1.95. The van der Waals surface area contributed by atoms with E-state index in [0.717, 1.165) is 23.7 Å². The van der Waals surface area contributed by atoms with Crippen molar-refractivity contribution >= 4 is 37.3 Å². The first kappa shape index (κ1) is 15.5. The molecule has 8 heteroatoms. The van der Waals surface area contributed by atoms with Gasteiger partial charge in [0.1, 0.15) is 11.0 Å². The molecule has 0 saturated carbocycles. The topological polar surface area (TPSA) is 50.3 Å². The van der Waals surface area contributed by atoms with Gasteiger partial charge in [0.15, 0.2) is 0 Å². The van der Waals surface area contributed by atoms with Crippen LogP contribution in [-0.4, -0.2) is 56.5 Å². The third-order valence-electron chi connectivity index (χ3n) is 3.80. The number of fused-ring (bicyclic) bond motifs is 1. The van der Waals surface area contributed by atoms with Crippen LogP contribution < -0.4 is 10.1 Å². The summed E-state index contributed by atoms with van der Waals surface area (Å²) in [6.07, 6.45) is 2.97. The van der Waals surface area contributed by atoms with E-state index in [9.17, 15) is 4.11 Å². The molecule has 22 heavy (non-hydrogen) atoms. The fourth-order valence-corrected chi connectivity index (χ4v) is 4.47. The molecule has 1 atom stereocenters. The Bertz CT molecular complexity index is 689. The molecule has 5 nitrogen and oxygen atoms in total. The van der Waals surface area contributed by atoms with Crippen molar-refractivity contribution < 1.29 is 8.84 Å². The summed E-state index contributed by atoms with van der Waals surface area (Å²) in [7, 11) is 1.52. The van der Waals surface area contributed by atoms with Crippen molar-refractivity contribution in [1.29, 1.82) is 0 Å². The maximum Gasteiger partial charge on any atom is 0.308 e. The molecule has 1 radical (unpaired) electrons. The van der Waals surface area contributed by atoms with Crippen LogP contribution in [0.3, 0.4) is 0 Å². The van der Waals surface area contributed by atoms with E-state index < -0.39 is 9.13 Å². The minimum Gasteiger partial charge on any atom is -0.481 e. The monoisotopic (exact) mass is 339 g/mol. The zero-order valence-corrected chi connectivity index (χ0v) is 14.2. The molecule has 3 heterocycles. The first-order valence-corrected chi connectivity index (χ1v) is 9.08. The number of nitrogens with one attached hydrogen (secondary N) is 1. The van der Waals surface area contributed by atoms with Crippen LogP contribution in [0.25, 0.3) is 10.8 Å². The van der Waals surface area contributed by atoms with Crippen LogP contribution >= 0.6 is 11.6 Å². The van der Waals surface area contributed by atoms with E-state index in [1.807, 2.05) is 18.0 Å². The Morgan fingerprint density at radius 2 is 2.32 bits per heavy atom. The lowest BCUT2D eigenvalue weighted by molar-refractivity contribution is 0.342. The summed E-state index contributed by atoms with van der Waals surface area (Å²) in [5.41, 5.74) is -0.155. The number of pyridine rings is 2. The zero-order chi connectivity index (χ0) is 15.7. The predicted molar refractivity (Wildman–Crippen MR) is 87.5 cm³/mol. The van der Waals surface area contributed by atoms with Crippen LogP contribution in [0.1, 0.15) is 6.42 Å². The van der Waals surface area contributed by atoms with Gasteiger partial charge in [-0.2, -0.15) is 0 Å². The third-order valence-corrected chi connectivity index (χ3v) is 6.02. The van der Waals surface area contributed by atoms with Gasteiger partial charge in [-0.05, 0) is 32.1 Å². The Morgan fingerprint density at radius 3 is 3.05 bits per heavy atom. The summed E-state index contributed by atoms with van der Waals surface area (Å²) in [6, 6.07) is 3.55. The van der Waals surface area contributed by atoms with Crippen LogP contribution in [0.5, 0.6) is 5.88 Å². The Hall–Kier alpha value is -1.44. The number of methoxy groups -OCH3 is 1. The van der Waals surface area contributed by atoms with Crippen molar-refractivity contribution in [2.24, 2.45) is 0 Å². The second-order valence-corrected chi connectivity index (χ2v) is 7.67. The molecule has 2 aromatic rings. The summed E-state index contributed by atoms with van der Waals surface area (Å²) in [5.74, 6) is 1.08. The summed E-state index contributed by atoms with van der Waals surface area (Å²) >= 11 is 6.04. The summed E-state index contributed by atoms with van der Waals surface area (Å²) < 4.78 is 19.6. The SMILES string of the molecule is COc1nc(Cl)cc2c(N[C@@H]3CCN(C)C[Si]3F)nccc12. The third kappa shape index (κ3) is 3.01. The van der Waals surface area contributed by atoms with Crippen LogP contribution in [0, 0.1) is 0 Å². The number of nitrogens with zero attached hydrogens (tertiary/aromatic N) is 3. The summed E-state index contributed by atoms with van der Waals surface area (Å²) in [4.78, 5) is 10.5. The van der Waals surface area contributed by atoms with Gasteiger partial charge < -0.3 is 19.1 Å². The molecule has 1 aliphatic rings. The van der Waals surface area contributed by atoms with Crippen molar-refractivity contribution in [3.8, 4) is 5.88 Å². The molecule has 0 spiro atoms. The smallest absolute Gasteiger partial charge is 0.308 e. The lowest BCUT2D eigenvalue weighted by atomic mass is 10.2. The molecule has 0 bridgehead atoms. The standard InChI is InChI=1S/C14H17ClFN4OSi/c1-20-6-4-12(22(16)8-20)19-13-10-7-11(15)18-14(21-2)9(10)3-5-17-13/h3,5,7,12H,4,6,8H2,1-2H3,(H,17,19)/t12-/m0/s1. The molecule has 117 valence electrons. The van der Waals surface area contributed by atoms with Crippen LogP contribution in [0.2, 0.25) is 5.15 Å². The number of hydrogen-bond acceptors (Lipinski definition) is 5. The van der Waals surface area contributed by atoms with E-state index in [1.54, 1.807) is 19.4 Å². The largest absolute Gasteiger partial charge is 0.481 e. The van der Waals surface area contributed by atoms with Crippen LogP contribution in [0.15, 0.2) is 18.3 Å². The number of hydrogen-bond donors (Lipinski definition) is 1. The Kier molecular flexibility index (Phi) is 4.46. The van der Waals surface area contributed by atoms with Gasteiger partial charge in [-0.1, -0.05) is 11.6 Å². The molecule has 0 aliphatic carbocycles. The zero-order valence-electron chi connectivity index (χ0n) is 12.4. The van der Waals surface area contributed by atoms with E-state index >= 15 is 0 Å². The van der Waals surface area contributed by atoms with Crippen LogP contribution in [0.4, 0.5) is 9.93 Å². The first-order chi connectivity index (χ1) is 10.6. The van der Waals surface area contributed by atoms with Gasteiger partial charge in [-0.25, -0.2) is 9.97 Å². The van der Waals surface area contributed by atoms with E-state index in [1.165, 1.54) is 0 Å². The van der Waals surface area contributed by atoms with Crippen LogP contribution in [-0.2, 0) is 0 Å². The van der Waals surface area contributed by atoms with Gasteiger partial charge in [0, 0.05) is 23.1 Å². The lowest BCUT2D eigenvalue weighted by Crippen LogP contribution is -2.49. The lowest BCUT2D eigenvalue weighted by Gasteiger charge is -2.31. The minimum atomic E-state index is -1.98. The van der Waals surface area contributed by atoms with E-state index in [0.29, 0.717) is 23.0 Å². The first-order valence-electron chi connectivity index (χ1n) is 7.04.